The number of nitrogens with one attached hydrogen (secondary N) is 1. The van der Waals surface area contributed by atoms with E-state index in [9.17, 15) is 0 Å². The standard InChI is InChI=1S/C8H20NP/c1-9-7-5-3-4-6-8-10-2/h9-10H,3-8H2,1-2H3. The van der Waals surface area contributed by atoms with E-state index in [1.807, 2.05) is 7.05 Å². The Morgan fingerprint density at radius 3 is 2.40 bits per heavy atom. The lowest BCUT2D eigenvalue weighted by Gasteiger charge is -1.98. The molecule has 1 nitrogen and oxygen atoms in total. The van der Waals surface area contributed by atoms with Gasteiger partial charge >= 0.3 is 0 Å². The number of rotatable bonds is 7. The highest BCUT2D eigenvalue weighted by Crippen LogP contribution is 2.08. The van der Waals surface area contributed by atoms with Crippen LogP contribution in [-0.4, -0.2) is 26.4 Å². The Hall–Kier alpha value is 0.390. The van der Waals surface area contributed by atoms with Crippen LogP contribution in [0.4, 0.5) is 0 Å². The first kappa shape index (κ1) is 10.4. The third-order valence-corrected chi connectivity index (χ3v) is 2.46. The molecule has 0 aliphatic carbocycles. The summed E-state index contributed by atoms with van der Waals surface area (Å²) in [4.78, 5) is 0. The highest BCUT2D eigenvalue weighted by molar-refractivity contribution is 7.36. The first-order valence-corrected chi connectivity index (χ1v) is 5.91. The van der Waals surface area contributed by atoms with Gasteiger partial charge in [-0.25, -0.2) is 0 Å². The zero-order valence-electron chi connectivity index (χ0n) is 7.24. The van der Waals surface area contributed by atoms with Crippen molar-refractivity contribution in [3.05, 3.63) is 0 Å². The van der Waals surface area contributed by atoms with Crippen LogP contribution in [-0.2, 0) is 0 Å². The Morgan fingerprint density at radius 1 is 1.10 bits per heavy atom. The highest BCUT2D eigenvalue weighted by Gasteiger charge is 1.87. The number of unbranched alkanes of at least 4 members (excludes halogenated alkanes) is 3. The molecule has 10 heavy (non-hydrogen) atoms. The van der Waals surface area contributed by atoms with Crippen molar-refractivity contribution in [3.63, 3.8) is 0 Å². The van der Waals surface area contributed by atoms with Gasteiger partial charge in [0.2, 0.25) is 0 Å². The van der Waals surface area contributed by atoms with Gasteiger partial charge in [0, 0.05) is 0 Å². The lowest BCUT2D eigenvalue weighted by atomic mass is 10.2. The Bertz CT molecular complexity index is 49.2. The molecule has 0 fully saturated rings. The molecule has 0 heterocycles. The molecule has 1 atom stereocenters. The van der Waals surface area contributed by atoms with Crippen LogP contribution in [0.15, 0.2) is 0 Å². The van der Waals surface area contributed by atoms with Gasteiger partial charge in [0.15, 0.2) is 0 Å². The third kappa shape index (κ3) is 8.39. The van der Waals surface area contributed by atoms with Crippen molar-refractivity contribution in [1.29, 1.82) is 0 Å². The van der Waals surface area contributed by atoms with E-state index in [0.29, 0.717) is 0 Å². The minimum Gasteiger partial charge on any atom is -0.320 e. The fraction of sp³-hybridized carbons (Fsp3) is 1.00. The number of hydrogen-bond donors (Lipinski definition) is 1. The van der Waals surface area contributed by atoms with E-state index in [-0.39, 0.29) is 0 Å². The Labute approximate surface area is 66.8 Å². The monoisotopic (exact) mass is 161 g/mol. The van der Waals surface area contributed by atoms with Crippen LogP contribution in [0.5, 0.6) is 0 Å². The molecular formula is C8H20NP. The van der Waals surface area contributed by atoms with Crippen LogP contribution in [0.25, 0.3) is 0 Å². The fourth-order valence-electron chi connectivity index (χ4n) is 0.957. The predicted molar refractivity (Wildman–Crippen MR) is 51.5 cm³/mol. The van der Waals surface area contributed by atoms with Crippen LogP contribution in [0.2, 0.25) is 0 Å². The van der Waals surface area contributed by atoms with Crippen LogP contribution in [0, 0.1) is 0 Å². The van der Waals surface area contributed by atoms with Gasteiger partial charge in [0.05, 0.1) is 0 Å². The van der Waals surface area contributed by atoms with Crippen LogP contribution in [0.3, 0.4) is 0 Å². The second-order valence-electron chi connectivity index (χ2n) is 2.62. The van der Waals surface area contributed by atoms with Gasteiger partial charge in [0.25, 0.3) is 0 Å². The van der Waals surface area contributed by atoms with E-state index in [1.165, 1.54) is 38.4 Å². The lowest BCUT2D eigenvalue weighted by Crippen LogP contribution is -2.06. The van der Waals surface area contributed by atoms with Crippen molar-refractivity contribution < 1.29 is 0 Å². The fourth-order valence-corrected chi connectivity index (χ4v) is 1.56. The van der Waals surface area contributed by atoms with Crippen LogP contribution < -0.4 is 5.32 Å². The maximum atomic E-state index is 3.16. The minimum absolute atomic E-state index is 1.15. The van der Waals surface area contributed by atoms with Gasteiger partial charge in [-0.15, -0.1) is 8.58 Å². The lowest BCUT2D eigenvalue weighted by molar-refractivity contribution is 0.636. The maximum Gasteiger partial charge on any atom is -0.00519 e. The van der Waals surface area contributed by atoms with Crippen molar-refractivity contribution in [2.24, 2.45) is 0 Å². The second-order valence-corrected chi connectivity index (χ2v) is 3.83. The molecule has 0 aromatic carbocycles. The molecule has 0 radical (unpaired) electrons. The third-order valence-electron chi connectivity index (χ3n) is 1.60. The Kier molecular flexibility index (Phi) is 9.76. The summed E-state index contributed by atoms with van der Waals surface area (Å²) in [6.45, 7) is 3.47. The summed E-state index contributed by atoms with van der Waals surface area (Å²) in [7, 11) is 3.18. The maximum absolute atomic E-state index is 3.16. The quantitative estimate of drug-likeness (QED) is 0.445. The van der Waals surface area contributed by atoms with Gasteiger partial charge in [-0.3, -0.25) is 0 Å². The predicted octanol–water partition coefficient (Wildman–Crippen LogP) is 2.07. The SMILES string of the molecule is CNCCCCCCPC. The van der Waals surface area contributed by atoms with Crippen molar-refractivity contribution in [3.8, 4) is 0 Å². The normalized spacial score (nSPS) is 11.4. The average Bonchev–Trinajstić information content (AvgIpc) is 1.97. The molecule has 0 spiro atoms. The molecule has 0 amide bonds. The molecule has 1 N–H and O–H groups in total. The Balaban J connectivity index is 2.65. The summed E-state index contributed by atoms with van der Waals surface area (Å²) in [5.41, 5.74) is 0. The summed E-state index contributed by atoms with van der Waals surface area (Å²) in [5, 5.41) is 3.16. The molecular weight excluding hydrogens is 141 g/mol. The van der Waals surface area contributed by atoms with Gasteiger partial charge in [-0.2, -0.15) is 0 Å². The molecule has 0 saturated heterocycles. The molecule has 0 aromatic rings. The number of hydrogen-bond acceptors (Lipinski definition) is 1. The average molecular weight is 161 g/mol. The minimum atomic E-state index is 1.15. The molecule has 1 unspecified atom stereocenters. The van der Waals surface area contributed by atoms with Gasteiger partial charge in [-0.1, -0.05) is 12.8 Å². The second kappa shape index (κ2) is 9.39. The smallest absolute Gasteiger partial charge is 0.00519 e. The summed E-state index contributed by atoms with van der Waals surface area (Å²) >= 11 is 0. The molecule has 0 bridgehead atoms. The molecule has 0 aliphatic rings. The van der Waals surface area contributed by atoms with E-state index in [2.05, 4.69) is 12.0 Å². The molecule has 62 valence electrons. The van der Waals surface area contributed by atoms with Crippen molar-refractivity contribution in [2.45, 2.75) is 25.7 Å². The molecule has 0 rings (SSSR count). The first-order chi connectivity index (χ1) is 4.91. The van der Waals surface area contributed by atoms with E-state index in [1.54, 1.807) is 0 Å². The van der Waals surface area contributed by atoms with Gasteiger partial charge in [-0.05, 0) is 39.3 Å². The topological polar surface area (TPSA) is 12.0 Å². The summed E-state index contributed by atoms with van der Waals surface area (Å²) in [5.74, 6) is 0. The van der Waals surface area contributed by atoms with E-state index >= 15 is 0 Å². The zero-order valence-corrected chi connectivity index (χ0v) is 8.24. The molecule has 0 aliphatic heterocycles. The van der Waals surface area contributed by atoms with Crippen LogP contribution in [0.1, 0.15) is 25.7 Å². The van der Waals surface area contributed by atoms with Gasteiger partial charge in [0.1, 0.15) is 0 Å². The molecule has 0 aromatic heterocycles. The summed E-state index contributed by atoms with van der Waals surface area (Å²) < 4.78 is 0. The molecule has 2 heteroatoms. The zero-order chi connectivity index (χ0) is 7.66. The molecule has 0 saturated carbocycles. The highest BCUT2D eigenvalue weighted by atomic mass is 31.1. The van der Waals surface area contributed by atoms with E-state index in [0.717, 1.165) is 8.58 Å². The van der Waals surface area contributed by atoms with Crippen molar-refractivity contribution in [1.82, 2.24) is 5.32 Å². The summed E-state index contributed by atoms with van der Waals surface area (Å²) in [6.07, 6.45) is 7.08. The van der Waals surface area contributed by atoms with Gasteiger partial charge < -0.3 is 5.32 Å². The van der Waals surface area contributed by atoms with Crippen molar-refractivity contribution in [2.75, 3.05) is 26.4 Å². The van der Waals surface area contributed by atoms with E-state index in [4.69, 9.17) is 0 Å². The Morgan fingerprint density at radius 2 is 1.80 bits per heavy atom. The summed E-state index contributed by atoms with van der Waals surface area (Å²) in [6, 6.07) is 0. The van der Waals surface area contributed by atoms with Crippen molar-refractivity contribution >= 4 is 8.58 Å². The van der Waals surface area contributed by atoms with E-state index < -0.39 is 0 Å². The first-order valence-electron chi connectivity index (χ1n) is 4.21. The largest absolute Gasteiger partial charge is 0.320 e. The van der Waals surface area contributed by atoms with Crippen LogP contribution >= 0.6 is 8.58 Å².